The van der Waals surface area contributed by atoms with Crippen LogP contribution in [0.25, 0.3) is 10.9 Å². The lowest BCUT2D eigenvalue weighted by atomic mass is 10.2. The number of aryl methyl sites for hydroxylation is 1. The first kappa shape index (κ1) is 13.7. The molecule has 1 aromatic carbocycles. The Bertz CT molecular complexity index is 820. The number of nitrogen functional groups attached to an aromatic ring is 1. The number of aromatic nitrogens is 1. The maximum atomic E-state index is 11.6. The van der Waals surface area contributed by atoms with Gasteiger partial charge in [-0.3, -0.25) is 10.2 Å². The minimum atomic E-state index is -0.358. The molecular formula is C15H14ClN3O2. The SMILES string of the molecule is Cc1oc(Cn2ccc3ccc(Cl)cc32)cc1C(=O)NN. The predicted octanol–water partition coefficient (Wildman–Crippen LogP) is 2.85. The van der Waals surface area contributed by atoms with Gasteiger partial charge in [-0.25, -0.2) is 5.84 Å². The topological polar surface area (TPSA) is 73.2 Å². The molecule has 3 N–H and O–H groups in total. The van der Waals surface area contributed by atoms with Crippen molar-refractivity contribution in [3.05, 3.63) is 58.6 Å². The first-order valence-electron chi connectivity index (χ1n) is 6.43. The Morgan fingerprint density at radius 1 is 1.38 bits per heavy atom. The fraction of sp³-hybridized carbons (Fsp3) is 0.133. The normalized spacial score (nSPS) is 11.0. The average molecular weight is 304 g/mol. The van der Waals surface area contributed by atoms with Crippen LogP contribution in [0, 0.1) is 6.92 Å². The Labute approximate surface area is 126 Å². The third-order valence-electron chi connectivity index (χ3n) is 3.41. The first-order chi connectivity index (χ1) is 10.1. The summed E-state index contributed by atoms with van der Waals surface area (Å²) in [5.74, 6) is 6.02. The van der Waals surface area contributed by atoms with Gasteiger partial charge < -0.3 is 8.98 Å². The third kappa shape index (κ3) is 2.53. The van der Waals surface area contributed by atoms with Crippen molar-refractivity contribution < 1.29 is 9.21 Å². The molecule has 6 heteroatoms. The Morgan fingerprint density at radius 3 is 2.95 bits per heavy atom. The third-order valence-corrected chi connectivity index (χ3v) is 3.64. The Hall–Kier alpha value is -2.24. The number of carbonyl (C=O) groups is 1. The van der Waals surface area contributed by atoms with Crippen molar-refractivity contribution in [1.29, 1.82) is 0 Å². The molecule has 0 bridgehead atoms. The maximum absolute atomic E-state index is 11.6. The largest absolute Gasteiger partial charge is 0.464 e. The van der Waals surface area contributed by atoms with Crippen molar-refractivity contribution in [2.75, 3.05) is 0 Å². The summed E-state index contributed by atoms with van der Waals surface area (Å²) in [7, 11) is 0. The number of hydrogen-bond donors (Lipinski definition) is 2. The van der Waals surface area contributed by atoms with Crippen molar-refractivity contribution in [3.63, 3.8) is 0 Å². The van der Waals surface area contributed by atoms with Crippen molar-refractivity contribution in [2.24, 2.45) is 5.84 Å². The molecule has 2 heterocycles. The summed E-state index contributed by atoms with van der Waals surface area (Å²) in [5, 5.41) is 1.78. The number of nitrogens with two attached hydrogens (primary N) is 1. The van der Waals surface area contributed by atoms with Gasteiger partial charge in [0.05, 0.1) is 12.1 Å². The molecule has 0 unspecified atom stereocenters. The van der Waals surface area contributed by atoms with Crippen LogP contribution in [-0.4, -0.2) is 10.5 Å². The average Bonchev–Trinajstić information content (AvgIpc) is 3.02. The molecule has 0 aliphatic heterocycles. The lowest BCUT2D eigenvalue weighted by molar-refractivity contribution is 0.0952. The minimum Gasteiger partial charge on any atom is -0.464 e. The number of amides is 1. The van der Waals surface area contributed by atoms with E-state index in [4.69, 9.17) is 21.9 Å². The summed E-state index contributed by atoms with van der Waals surface area (Å²) in [6.07, 6.45) is 1.96. The molecule has 0 aliphatic rings. The van der Waals surface area contributed by atoms with Gasteiger partial charge in [-0.1, -0.05) is 17.7 Å². The van der Waals surface area contributed by atoms with Crippen LogP contribution < -0.4 is 11.3 Å². The number of hydrogen-bond acceptors (Lipinski definition) is 3. The first-order valence-corrected chi connectivity index (χ1v) is 6.81. The Morgan fingerprint density at radius 2 is 2.19 bits per heavy atom. The summed E-state index contributed by atoms with van der Waals surface area (Å²) in [6, 6.07) is 9.44. The van der Waals surface area contributed by atoms with Crippen LogP contribution in [0.2, 0.25) is 5.02 Å². The van der Waals surface area contributed by atoms with Gasteiger partial charge in [-0.15, -0.1) is 0 Å². The van der Waals surface area contributed by atoms with E-state index < -0.39 is 0 Å². The zero-order valence-corrected chi connectivity index (χ0v) is 12.1. The number of benzene rings is 1. The zero-order chi connectivity index (χ0) is 15.0. The molecule has 0 aliphatic carbocycles. The zero-order valence-electron chi connectivity index (χ0n) is 11.4. The summed E-state index contributed by atoms with van der Waals surface area (Å²) in [5.41, 5.74) is 3.57. The fourth-order valence-electron chi connectivity index (χ4n) is 2.39. The van der Waals surface area contributed by atoms with Crippen LogP contribution in [0.1, 0.15) is 21.9 Å². The van der Waals surface area contributed by atoms with Crippen LogP contribution in [0.15, 0.2) is 40.9 Å². The second kappa shape index (κ2) is 5.27. The molecule has 0 saturated carbocycles. The van der Waals surface area contributed by atoms with Gasteiger partial charge in [0, 0.05) is 16.7 Å². The quantitative estimate of drug-likeness (QED) is 0.444. The lowest BCUT2D eigenvalue weighted by Gasteiger charge is -2.03. The van der Waals surface area contributed by atoms with Crippen LogP contribution in [0.3, 0.4) is 0 Å². The van der Waals surface area contributed by atoms with E-state index in [1.54, 1.807) is 13.0 Å². The molecule has 2 aromatic heterocycles. The van der Waals surface area contributed by atoms with Crippen LogP contribution in [0.4, 0.5) is 0 Å². The van der Waals surface area contributed by atoms with E-state index >= 15 is 0 Å². The molecule has 3 aromatic rings. The standard InChI is InChI=1S/C15H14ClN3O2/c1-9-13(15(20)18-17)7-12(21-9)8-19-5-4-10-2-3-11(16)6-14(10)19/h2-7H,8,17H2,1H3,(H,18,20). The van der Waals surface area contributed by atoms with Gasteiger partial charge in [0.25, 0.3) is 5.91 Å². The number of hydrazine groups is 1. The molecule has 108 valence electrons. The number of halogens is 1. The second-order valence-electron chi connectivity index (χ2n) is 4.80. The molecule has 5 nitrogen and oxygen atoms in total. The molecule has 1 amide bonds. The van der Waals surface area contributed by atoms with Gasteiger partial charge in [-0.05, 0) is 36.6 Å². The molecule has 3 rings (SSSR count). The number of nitrogens with one attached hydrogen (secondary N) is 1. The number of fused-ring (bicyclic) bond motifs is 1. The van der Waals surface area contributed by atoms with Gasteiger partial charge in [0.1, 0.15) is 11.5 Å². The van der Waals surface area contributed by atoms with Gasteiger partial charge in [0.15, 0.2) is 0 Å². The molecule has 21 heavy (non-hydrogen) atoms. The summed E-state index contributed by atoms with van der Waals surface area (Å²) in [6.45, 7) is 2.25. The summed E-state index contributed by atoms with van der Waals surface area (Å²) < 4.78 is 7.64. The minimum absolute atomic E-state index is 0.358. The van der Waals surface area contributed by atoms with Gasteiger partial charge in [0.2, 0.25) is 0 Å². The molecule has 0 saturated heterocycles. The number of nitrogens with zero attached hydrogens (tertiary/aromatic N) is 1. The van der Waals surface area contributed by atoms with Gasteiger partial charge in [-0.2, -0.15) is 0 Å². The molecule has 0 atom stereocenters. The highest BCUT2D eigenvalue weighted by Crippen LogP contribution is 2.23. The lowest BCUT2D eigenvalue weighted by Crippen LogP contribution is -2.30. The highest BCUT2D eigenvalue weighted by Gasteiger charge is 2.14. The van der Waals surface area contributed by atoms with E-state index in [9.17, 15) is 4.79 Å². The summed E-state index contributed by atoms with van der Waals surface area (Å²) in [4.78, 5) is 11.6. The fourth-order valence-corrected chi connectivity index (χ4v) is 2.55. The van der Waals surface area contributed by atoms with Crippen LogP contribution in [-0.2, 0) is 6.54 Å². The van der Waals surface area contributed by atoms with E-state index in [0.717, 1.165) is 10.9 Å². The Kier molecular flexibility index (Phi) is 3.45. The number of carbonyl (C=O) groups excluding carboxylic acids is 1. The number of rotatable bonds is 3. The van der Waals surface area contributed by atoms with E-state index in [1.807, 2.05) is 35.0 Å². The predicted molar refractivity (Wildman–Crippen MR) is 81.1 cm³/mol. The molecule has 0 radical (unpaired) electrons. The Balaban J connectivity index is 1.95. The van der Waals surface area contributed by atoms with E-state index in [2.05, 4.69) is 5.43 Å². The monoisotopic (exact) mass is 303 g/mol. The second-order valence-corrected chi connectivity index (χ2v) is 5.24. The summed E-state index contributed by atoms with van der Waals surface area (Å²) >= 11 is 6.04. The van der Waals surface area contributed by atoms with Crippen molar-refractivity contribution >= 4 is 28.4 Å². The highest BCUT2D eigenvalue weighted by atomic mass is 35.5. The van der Waals surface area contributed by atoms with E-state index in [0.29, 0.717) is 28.7 Å². The van der Waals surface area contributed by atoms with E-state index in [1.165, 1.54) is 0 Å². The van der Waals surface area contributed by atoms with Crippen molar-refractivity contribution in [3.8, 4) is 0 Å². The van der Waals surface area contributed by atoms with Crippen molar-refractivity contribution in [1.82, 2.24) is 9.99 Å². The van der Waals surface area contributed by atoms with Gasteiger partial charge >= 0.3 is 0 Å². The molecule has 0 fully saturated rings. The van der Waals surface area contributed by atoms with E-state index in [-0.39, 0.29) is 5.91 Å². The van der Waals surface area contributed by atoms with Crippen LogP contribution in [0.5, 0.6) is 0 Å². The smallest absolute Gasteiger partial charge is 0.268 e. The molecule has 0 spiro atoms. The van der Waals surface area contributed by atoms with Crippen LogP contribution >= 0.6 is 11.6 Å². The van der Waals surface area contributed by atoms with Crippen molar-refractivity contribution in [2.45, 2.75) is 13.5 Å². The highest BCUT2D eigenvalue weighted by molar-refractivity contribution is 6.31. The molecular weight excluding hydrogens is 290 g/mol. The maximum Gasteiger partial charge on any atom is 0.268 e. The number of furan rings is 1.